The lowest BCUT2D eigenvalue weighted by Gasteiger charge is -2.14. The number of amides is 1. The van der Waals surface area contributed by atoms with Crippen molar-refractivity contribution >= 4 is 56.5 Å². The van der Waals surface area contributed by atoms with Crippen LogP contribution in [0, 0.1) is 3.57 Å². The maximum absolute atomic E-state index is 11.3. The van der Waals surface area contributed by atoms with Gasteiger partial charge in [-0.25, -0.2) is 4.79 Å². The van der Waals surface area contributed by atoms with Crippen molar-refractivity contribution < 1.29 is 24.2 Å². The number of methoxy groups -OCH3 is 1. The highest BCUT2D eigenvalue weighted by molar-refractivity contribution is 14.1. The van der Waals surface area contributed by atoms with Gasteiger partial charge in [0.2, 0.25) is 5.91 Å². The first kappa shape index (κ1) is 21.2. The Balaban J connectivity index is 2.30. The summed E-state index contributed by atoms with van der Waals surface area (Å²) in [5.41, 5.74) is 1.34. The molecule has 0 heterocycles. The molecule has 0 aliphatic heterocycles. The minimum atomic E-state index is -1.23. The van der Waals surface area contributed by atoms with Gasteiger partial charge in [0.1, 0.15) is 12.3 Å². The quantitative estimate of drug-likeness (QED) is 0.402. The van der Waals surface area contributed by atoms with Crippen molar-refractivity contribution in [2.75, 3.05) is 7.11 Å². The molecular formula is C19H17BrINO5. The smallest absolute Gasteiger partial charge is 0.352 e. The van der Waals surface area contributed by atoms with Crippen molar-refractivity contribution in [3.05, 3.63) is 61.3 Å². The molecule has 142 valence electrons. The number of ether oxygens (including phenoxy) is 2. The molecule has 0 atom stereocenters. The fourth-order valence-electron chi connectivity index (χ4n) is 2.25. The molecule has 0 saturated heterocycles. The number of hydrogen-bond acceptors (Lipinski definition) is 4. The normalized spacial score (nSPS) is 11.0. The molecule has 0 fully saturated rings. The number of carboxylic acids is 1. The highest BCUT2D eigenvalue weighted by Crippen LogP contribution is 2.35. The first-order valence-corrected chi connectivity index (χ1v) is 9.64. The fourth-order valence-corrected chi connectivity index (χ4v) is 3.48. The maximum Gasteiger partial charge on any atom is 0.352 e. The Morgan fingerprint density at radius 3 is 2.63 bits per heavy atom. The zero-order valence-corrected chi connectivity index (χ0v) is 18.3. The van der Waals surface area contributed by atoms with Crippen LogP contribution in [0.5, 0.6) is 11.5 Å². The minimum Gasteiger partial charge on any atom is -0.493 e. The lowest BCUT2D eigenvalue weighted by atomic mass is 10.1. The summed E-state index contributed by atoms with van der Waals surface area (Å²) in [7, 11) is 1.51. The van der Waals surface area contributed by atoms with E-state index in [0.717, 1.165) is 13.6 Å². The minimum absolute atomic E-state index is 0.219. The Hall–Kier alpha value is -2.07. The number of carboxylic acid groups (broad SMARTS) is 1. The summed E-state index contributed by atoms with van der Waals surface area (Å²) in [5, 5.41) is 11.5. The molecule has 2 rings (SSSR count). The standard InChI is InChI=1S/C19H17BrINO5/c1-11(23)22-16(19(24)25)8-13-7-15(21)18(17(9-13)26-2)27-10-12-4-3-5-14(20)6-12/h3-9H,10H2,1-2H3,(H,22,23)(H,24,25). The molecule has 0 aromatic heterocycles. The molecule has 1 amide bonds. The Bertz CT molecular complexity index is 898. The molecule has 27 heavy (non-hydrogen) atoms. The SMILES string of the molecule is COc1cc(C=C(NC(C)=O)C(=O)O)cc(I)c1OCc1cccc(Br)c1. The molecule has 0 saturated carbocycles. The highest BCUT2D eigenvalue weighted by atomic mass is 127. The number of carbonyl (C=O) groups is 2. The second-order valence-corrected chi connectivity index (χ2v) is 7.57. The summed E-state index contributed by atoms with van der Waals surface area (Å²) < 4.78 is 13.0. The zero-order chi connectivity index (χ0) is 20.0. The van der Waals surface area contributed by atoms with Crippen LogP contribution in [0.1, 0.15) is 18.1 Å². The van der Waals surface area contributed by atoms with Crippen molar-refractivity contribution in [1.29, 1.82) is 0 Å². The highest BCUT2D eigenvalue weighted by Gasteiger charge is 2.14. The molecular weight excluding hydrogens is 529 g/mol. The van der Waals surface area contributed by atoms with Crippen LogP contribution in [0.2, 0.25) is 0 Å². The summed E-state index contributed by atoms with van der Waals surface area (Å²) in [6.07, 6.45) is 1.37. The average molecular weight is 546 g/mol. The summed E-state index contributed by atoms with van der Waals surface area (Å²) in [4.78, 5) is 22.5. The molecule has 0 aliphatic rings. The molecule has 2 N–H and O–H groups in total. The van der Waals surface area contributed by atoms with Crippen LogP contribution in [0.15, 0.2) is 46.6 Å². The molecule has 2 aromatic carbocycles. The number of rotatable bonds is 7. The van der Waals surface area contributed by atoms with Crippen molar-refractivity contribution in [3.63, 3.8) is 0 Å². The number of hydrogen-bond donors (Lipinski definition) is 2. The molecule has 8 heteroatoms. The van der Waals surface area contributed by atoms with E-state index in [2.05, 4.69) is 43.8 Å². The molecule has 2 aromatic rings. The topological polar surface area (TPSA) is 84.9 Å². The predicted octanol–water partition coefficient (Wildman–Crippen LogP) is 4.20. The summed E-state index contributed by atoms with van der Waals surface area (Å²) in [5.74, 6) is -0.657. The van der Waals surface area contributed by atoms with Gasteiger partial charge in [0, 0.05) is 11.4 Å². The molecule has 0 bridgehead atoms. The first-order valence-electron chi connectivity index (χ1n) is 7.77. The largest absolute Gasteiger partial charge is 0.493 e. The second kappa shape index (κ2) is 9.75. The van der Waals surface area contributed by atoms with Gasteiger partial charge in [0.25, 0.3) is 0 Å². The predicted molar refractivity (Wildman–Crippen MR) is 114 cm³/mol. The van der Waals surface area contributed by atoms with E-state index < -0.39 is 11.9 Å². The van der Waals surface area contributed by atoms with Gasteiger partial charge in [0.15, 0.2) is 11.5 Å². The van der Waals surface area contributed by atoms with Gasteiger partial charge >= 0.3 is 5.97 Å². The Morgan fingerprint density at radius 1 is 1.30 bits per heavy atom. The van der Waals surface area contributed by atoms with Gasteiger partial charge in [-0.3, -0.25) is 4.79 Å². The summed E-state index contributed by atoms with van der Waals surface area (Å²) in [6, 6.07) is 11.2. The van der Waals surface area contributed by atoms with Gasteiger partial charge in [-0.1, -0.05) is 28.1 Å². The van der Waals surface area contributed by atoms with Crippen molar-refractivity contribution in [2.24, 2.45) is 0 Å². The summed E-state index contributed by atoms with van der Waals surface area (Å²) in [6.45, 7) is 1.60. The van der Waals surface area contributed by atoms with Crippen LogP contribution in [-0.4, -0.2) is 24.1 Å². The van der Waals surface area contributed by atoms with Crippen LogP contribution >= 0.6 is 38.5 Å². The van der Waals surface area contributed by atoms with Crippen molar-refractivity contribution in [2.45, 2.75) is 13.5 Å². The third-order valence-electron chi connectivity index (χ3n) is 3.38. The number of benzene rings is 2. The van der Waals surface area contributed by atoms with Gasteiger partial charge in [-0.15, -0.1) is 0 Å². The number of halogens is 2. The van der Waals surface area contributed by atoms with E-state index in [9.17, 15) is 14.7 Å². The summed E-state index contributed by atoms with van der Waals surface area (Å²) >= 11 is 5.52. The molecule has 0 aliphatic carbocycles. The van der Waals surface area contributed by atoms with Crippen LogP contribution in [0.25, 0.3) is 6.08 Å². The van der Waals surface area contributed by atoms with Gasteiger partial charge in [-0.05, 0) is 64.1 Å². The van der Waals surface area contributed by atoms with Crippen molar-refractivity contribution in [3.8, 4) is 11.5 Å². The molecule has 0 radical (unpaired) electrons. The third kappa shape index (κ3) is 6.24. The van der Waals surface area contributed by atoms with E-state index in [0.29, 0.717) is 23.7 Å². The fraction of sp³-hybridized carbons (Fsp3) is 0.158. The number of aliphatic carboxylic acids is 1. The monoisotopic (exact) mass is 545 g/mol. The van der Waals surface area contributed by atoms with Gasteiger partial charge in [-0.2, -0.15) is 0 Å². The van der Waals surface area contributed by atoms with Crippen LogP contribution in [-0.2, 0) is 16.2 Å². The van der Waals surface area contributed by atoms with E-state index in [1.165, 1.54) is 20.1 Å². The van der Waals surface area contributed by atoms with E-state index in [1.54, 1.807) is 12.1 Å². The van der Waals surface area contributed by atoms with Gasteiger partial charge < -0.3 is 19.9 Å². The third-order valence-corrected chi connectivity index (χ3v) is 4.67. The van der Waals surface area contributed by atoms with Crippen LogP contribution in [0.4, 0.5) is 0 Å². The first-order chi connectivity index (χ1) is 12.8. The molecule has 0 unspecified atom stereocenters. The van der Waals surface area contributed by atoms with E-state index in [4.69, 9.17) is 9.47 Å². The van der Waals surface area contributed by atoms with Crippen molar-refractivity contribution in [1.82, 2.24) is 5.32 Å². The Morgan fingerprint density at radius 2 is 2.04 bits per heavy atom. The zero-order valence-electron chi connectivity index (χ0n) is 14.6. The second-order valence-electron chi connectivity index (χ2n) is 5.50. The Labute approximate surface area is 178 Å². The Kier molecular flexibility index (Phi) is 7.66. The van der Waals surface area contributed by atoms with Crippen LogP contribution in [0.3, 0.4) is 0 Å². The van der Waals surface area contributed by atoms with E-state index >= 15 is 0 Å². The number of nitrogens with one attached hydrogen (secondary N) is 1. The van der Waals surface area contributed by atoms with E-state index in [1.807, 2.05) is 24.3 Å². The molecule has 0 spiro atoms. The van der Waals surface area contributed by atoms with Gasteiger partial charge in [0.05, 0.1) is 10.7 Å². The lowest BCUT2D eigenvalue weighted by molar-refractivity contribution is -0.134. The van der Waals surface area contributed by atoms with E-state index in [-0.39, 0.29) is 5.70 Å². The molecule has 6 nitrogen and oxygen atoms in total. The average Bonchev–Trinajstić information content (AvgIpc) is 2.59. The lowest BCUT2D eigenvalue weighted by Crippen LogP contribution is -2.24. The maximum atomic E-state index is 11.3. The van der Waals surface area contributed by atoms with Crippen LogP contribution < -0.4 is 14.8 Å². The number of carbonyl (C=O) groups excluding carboxylic acids is 1.